The van der Waals surface area contributed by atoms with Crippen LogP contribution in [0.2, 0.25) is 0 Å². The summed E-state index contributed by atoms with van der Waals surface area (Å²) in [6.45, 7) is 5.08. The van der Waals surface area contributed by atoms with Crippen molar-refractivity contribution in [1.29, 1.82) is 0 Å². The summed E-state index contributed by atoms with van der Waals surface area (Å²) in [6.07, 6.45) is 7.86. The molecule has 3 aliphatic heterocycles. The molecular formula is C18H26N8O2. The highest BCUT2D eigenvalue weighted by Gasteiger charge is 2.43. The first-order chi connectivity index (χ1) is 13.6. The van der Waals surface area contributed by atoms with Gasteiger partial charge in [-0.2, -0.15) is 10.2 Å². The fourth-order valence-electron chi connectivity index (χ4n) is 4.48. The summed E-state index contributed by atoms with van der Waals surface area (Å²) in [4.78, 5) is 29.4. The standard InChI is InChI=1S/C18H26N8O2/c1-2-3-8-24-11-18(7-5-15(24)27)6-4-9-25(12-18)17(28)14-10-19-21-16(14)26-13-20-22-23-26/h10,13,16H,2-9,11-12H2,1H3. The third kappa shape index (κ3) is 3.55. The van der Waals surface area contributed by atoms with E-state index in [0.717, 1.165) is 45.2 Å². The van der Waals surface area contributed by atoms with Gasteiger partial charge in [-0.1, -0.05) is 13.3 Å². The summed E-state index contributed by atoms with van der Waals surface area (Å²) in [6, 6.07) is 0. The predicted molar refractivity (Wildman–Crippen MR) is 98.8 cm³/mol. The number of tetrazole rings is 1. The maximum atomic E-state index is 13.2. The van der Waals surface area contributed by atoms with Crippen LogP contribution in [0.15, 0.2) is 28.3 Å². The number of hydrogen-bond acceptors (Lipinski definition) is 7. The van der Waals surface area contributed by atoms with Crippen molar-refractivity contribution in [3.63, 3.8) is 0 Å². The van der Waals surface area contributed by atoms with Gasteiger partial charge < -0.3 is 9.80 Å². The van der Waals surface area contributed by atoms with Gasteiger partial charge in [0, 0.05) is 38.0 Å². The molecular weight excluding hydrogens is 360 g/mol. The molecule has 4 heterocycles. The first kappa shape index (κ1) is 18.7. The Labute approximate surface area is 163 Å². The number of carbonyl (C=O) groups is 2. The number of piperidine rings is 2. The molecule has 1 spiro atoms. The van der Waals surface area contributed by atoms with E-state index >= 15 is 0 Å². The lowest BCUT2D eigenvalue weighted by Crippen LogP contribution is -2.55. The van der Waals surface area contributed by atoms with E-state index in [0.29, 0.717) is 25.1 Å². The molecule has 2 fully saturated rings. The van der Waals surface area contributed by atoms with Crippen LogP contribution >= 0.6 is 0 Å². The second kappa shape index (κ2) is 7.76. The lowest BCUT2D eigenvalue weighted by atomic mass is 9.73. The van der Waals surface area contributed by atoms with Crippen molar-refractivity contribution in [1.82, 2.24) is 30.0 Å². The fraction of sp³-hybridized carbons (Fsp3) is 0.722. The highest BCUT2D eigenvalue weighted by molar-refractivity contribution is 5.94. The number of unbranched alkanes of at least 4 members (excludes halogenated alkanes) is 1. The lowest BCUT2D eigenvalue weighted by molar-refractivity contribution is -0.142. The number of hydrogen-bond donors (Lipinski definition) is 0. The van der Waals surface area contributed by atoms with E-state index in [2.05, 4.69) is 32.7 Å². The molecule has 150 valence electrons. The number of aromatic nitrogens is 4. The average molecular weight is 386 g/mol. The number of amides is 2. The van der Waals surface area contributed by atoms with Crippen LogP contribution in [0.1, 0.15) is 51.6 Å². The van der Waals surface area contributed by atoms with E-state index in [1.165, 1.54) is 17.2 Å². The molecule has 4 rings (SSSR count). The number of azo groups is 1. The molecule has 0 saturated carbocycles. The Balaban J connectivity index is 1.46. The largest absolute Gasteiger partial charge is 0.342 e. The summed E-state index contributed by atoms with van der Waals surface area (Å²) < 4.78 is 1.44. The minimum absolute atomic E-state index is 0.00663. The molecule has 2 unspecified atom stereocenters. The summed E-state index contributed by atoms with van der Waals surface area (Å²) in [5.41, 5.74) is 0.479. The fourth-order valence-corrected chi connectivity index (χ4v) is 4.48. The average Bonchev–Trinajstić information content (AvgIpc) is 3.40. The third-order valence-electron chi connectivity index (χ3n) is 5.99. The minimum Gasteiger partial charge on any atom is -0.342 e. The first-order valence-electron chi connectivity index (χ1n) is 10.0. The number of rotatable bonds is 5. The van der Waals surface area contributed by atoms with Crippen molar-refractivity contribution in [3.05, 3.63) is 18.1 Å². The van der Waals surface area contributed by atoms with Crippen LogP contribution in [-0.4, -0.2) is 68.0 Å². The van der Waals surface area contributed by atoms with Crippen LogP contribution in [0, 0.1) is 5.41 Å². The Morgan fingerprint density at radius 2 is 2.21 bits per heavy atom. The highest BCUT2D eigenvalue weighted by Crippen LogP contribution is 2.40. The Bertz CT molecular complexity index is 790. The SMILES string of the molecule is CCCCN1CC2(CCCN(C(=O)C3=CN=NC3n3cnnn3)C2)CCC1=O. The van der Waals surface area contributed by atoms with Crippen molar-refractivity contribution in [2.45, 2.75) is 51.6 Å². The van der Waals surface area contributed by atoms with Crippen LogP contribution in [0.25, 0.3) is 0 Å². The molecule has 0 aromatic carbocycles. The van der Waals surface area contributed by atoms with Crippen molar-refractivity contribution < 1.29 is 9.59 Å². The van der Waals surface area contributed by atoms with Crippen LogP contribution in [0.3, 0.4) is 0 Å². The predicted octanol–water partition coefficient (Wildman–Crippen LogP) is 1.55. The normalized spacial score (nSPS) is 27.5. The van der Waals surface area contributed by atoms with Gasteiger partial charge >= 0.3 is 0 Å². The van der Waals surface area contributed by atoms with Crippen LogP contribution in [-0.2, 0) is 9.59 Å². The van der Waals surface area contributed by atoms with E-state index in [-0.39, 0.29) is 17.2 Å². The van der Waals surface area contributed by atoms with E-state index < -0.39 is 6.17 Å². The van der Waals surface area contributed by atoms with Gasteiger partial charge in [0.15, 0.2) is 6.17 Å². The van der Waals surface area contributed by atoms with Gasteiger partial charge in [0.2, 0.25) is 5.91 Å². The zero-order chi connectivity index (χ0) is 19.6. The van der Waals surface area contributed by atoms with Crippen molar-refractivity contribution >= 4 is 11.8 Å². The van der Waals surface area contributed by atoms with Gasteiger partial charge in [-0.05, 0) is 36.1 Å². The van der Waals surface area contributed by atoms with Crippen molar-refractivity contribution in [3.8, 4) is 0 Å². The van der Waals surface area contributed by atoms with Crippen LogP contribution in [0.4, 0.5) is 0 Å². The maximum Gasteiger partial charge on any atom is 0.255 e. The topological polar surface area (TPSA) is 109 Å². The van der Waals surface area contributed by atoms with Crippen molar-refractivity contribution in [2.75, 3.05) is 26.2 Å². The Kier molecular flexibility index (Phi) is 5.19. The van der Waals surface area contributed by atoms with E-state index in [1.807, 2.05) is 9.80 Å². The zero-order valence-electron chi connectivity index (χ0n) is 16.2. The minimum atomic E-state index is -0.602. The quantitative estimate of drug-likeness (QED) is 0.763. The molecule has 1 aromatic heterocycles. The Hall–Kier alpha value is -2.65. The molecule has 3 aliphatic rings. The van der Waals surface area contributed by atoms with Gasteiger partial charge in [-0.25, -0.2) is 4.68 Å². The molecule has 2 saturated heterocycles. The summed E-state index contributed by atoms with van der Waals surface area (Å²) >= 11 is 0. The van der Waals surface area contributed by atoms with Gasteiger partial charge in [-0.15, -0.1) is 5.10 Å². The van der Waals surface area contributed by atoms with E-state index in [1.54, 1.807) is 0 Å². The Morgan fingerprint density at radius 1 is 1.32 bits per heavy atom. The van der Waals surface area contributed by atoms with E-state index in [9.17, 15) is 9.59 Å². The Morgan fingerprint density at radius 3 is 3.00 bits per heavy atom. The molecule has 0 radical (unpaired) electrons. The van der Waals surface area contributed by atoms with Crippen LogP contribution in [0.5, 0.6) is 0 Å². The number of carbonyl (C=O) groups excluding carboxylic acids is 2. The second-order valence-electron chi connectivity index (χ2n) is 7.98. The number of likely N-dealkylation sites (tertiary alicyclic amines) is 2. The molecule has 28 heavy (non-hydrogen) atoms. The third-order valence-corrected chi connectivity index (χ3v) is 5.99. The van der Waals surface area contributed by atoms with Crippen LogP contribution < -0.4 is 0 Å². The highest BCUT2D eigenvalue weighted by atomic mass is 16.2. The molecule has 0 aliphatic carbocycles. The molecule has 0 bridgehead atoms. The maximum absolute atomic E-state index is 13.2. The monoisotopic (exact) mass is 386 g/mol. The molecule has 1 aromatic rings. The molecule has 2 atom stereocenters. The van der Waals surface area contributed by atoms with Gasteiger partial charge in [0.1, 0.15) is 6.33 Å². The molecule has 10 heteroatoms. The smallest absolute Gasteiger partial charge is 0.255 e. The second-order valence-corrected chi connectivity index (χ2v) is 7.98. The zero-order valence-corrected chi connectivity index (χ0v) is 16.2. The molecule has 10 nitrogen and oxygen atoms in total. The summed E-state index contributed by atoms with van der Waals surface area (Å²) in [7, 11) is 0. The summed E-state index contributed by atoms with van der Waals surface area (Å²) in [5, 5.41) is 19.1. The van der Waals surface area contributed by atoms with Gasteiger partial charge in [-0.3, -0.25) is 9.59 Å². The molecule has 2 amide bonds. The lowest BCUT2D eigenvalue weighted by Gasteiger charge is -2.48. The van der Waals surface area contributed by atoms with Gasteiger partial charge in [0.25, 0.3) is 5.91 Å². The van der Waals surface area contributed by atoms with Gasteiger partial charge in [0.05, 0.1) is 11.8 Å². The first-order valence-corrected chi connectivity index (χ1v) is 10.0. The van der Waals surface area contributed by atoms with E-state index in [4.69, 9.17) is 0 Å². The number of nitrogens with zero attached hydrogens (tertiary/aromatic N) is 8. The van der Waals surface area contributed by atoms with Crippen molar-refractivity contribution in [2.24, 2.45) is 15.6 Å². The summed E-state index contributed by atoms with van der Waals surface area (Å²) in [5.74, 6) is 0.180. The molecule has 0 N–H and O–H groups in total.